The topological polar surface area (TPSA) is 35.5 Å². The lowest BCUT2D eigenvalue weighted by atomic mass is 9.97. The number of nitrogens with one attached hydrogen (secondary N) is 1. The van der Waals surface area contributed by atoms with Gasteiger partial charge in [-0.1, -0.05) is 12.1 Å². The molecule has 1 atom stereocenters. The highest BCUT2D eigenvalue weighted by molar-refractivity contribution is 9.10. The first-order valence-electron chi connectivity index (χ1n) is 6.91. The first kappa shape index (κ1) is 14.8. The van der Waals surface area contributed by atoms with Crippen molar-refractivity contribution in [1.29, 1.82) is 0 Å². The van der Waals surface area contributed by atoms with Crippen molar-refractivity contribution in [2.45, 2.75) is 38.3 Å². The lowest BCUT2D eigenvalue weighted by Crippen LogP contribution is -2.47. The normalized spacial score (nSPS) is 23.2. The zero-order chi connectivity index (χ0) is 13.9. The molecule has 2 N–H and O–H groups in total. The van der Waals surface area contributed by atoms with Gasteiger partial charge in [0.1, 0.15) is 0 Å². The lowest BCUT2D eigenvalue weighted by molar-refractivity contribution is 0.267. The van der Waals surface area contributed by atoms with Crippen molar-refractivity contribution < 1.29 is 5.11 Å². The van der Waals surface area contributed by atoms with Gasteiger partial charge in [0, 0.05) is 29.2 Å². The molecule has 1 heterocycles. The third kappa shape index (κ3) is 3.50. The van der Waals surface area contributed by atoms with E-state index in [1.165, 1.54) is 5.69 Å². The van der Waals surface area contributed by atoms with E-state index < -0.39 is 0 Å². The maximum absolute atomic E-state index is 9.18. The smallest absolute Gasteiger partial charge is 0.0515 e. The van der Waals surface area contributed by atoms with E-state index in [0.717, 1.165) is 30.4 Å². The average Bonchev–Trinajstić information content (AvgIpc) is 2.50. The van der Waals surface area contributed by atoms with Gasteiger partial charge in [-0.3, -0.25) is 0 Å². The summed E-state index contributed by atoms with van der Waals surface area (Å²) in [5.74, 6) is 0. The number of hydrogen-bond acceptors (Lipinski definition) is 3. The summed E-state index contributed by atoms with van der Waals surface area (Å²) in [6.07, 6.45) is 1.90. The number of benzene rings is 1. The van der Waals surface area contributed by atoms with Crippen LogP contribution in [0.1, 0.15) is 26.7 Å². The Labute approximate surface area is 124 Å². The van der Waals surface area contributed by atoms with E-state index in [1.807, 2.05) is 6.07 Å². The predicted molar refractivity (Wildman–Crippen MR) is 83.7 cm³/mol. The molecule has 0 bridgehead atoms. The van der Waals surface area contributed by atoms with Crippen LogP contribution in [0.25, 0.3) is 0 Å². The zero-order valence-electron chi connectivity index (χ0n) is 11.7. The van der Waals surface area contributed by atoms with Gasteiger partial charge in [0.2, 0.25) is 0 Å². The second-order valence-electron chi connectivity index (χ2n) is 5.79. The van der Waals surface area contributed by atoms with E-state index >= 15 is 0 Å². The Bertz CT molecular complexity index is 422. The molecule has 106 valence electrons. The second-order valence-corrected chi connectivity index (χ2v) is 6.64. The van der Waals surface area contributed by atoms with Crippen LogP contribution in [0, 0.1) is 0 Å². The number of halogens is 1. The second kappa shape index (κ2) is 6.25. The minimum absolute atomic E-state index is 0.112. The van der Waals surface area contributed by atoms with Crippen molar-refractivity contribution in [3.8, 4) is 0 Å². The Hall–Kier alpha value is -0.580. The number of aliphatic hydroxyl groups is 1. The third-order valence-corrected chi connectivity index (χ3v) is 4.59. The van der Waals surface area contributed by atoms with Gasteiger partial charge in [0.15, 0.2) is 0 Å². The first-order valence-corrected chi connectivity index (χ1v) is 7.70. The molecule has 0 saturated carbocycles. The van der Waals surface area contributed by atoms with E-state index in [2.05, 4.69) is 58.2 Å². The molecule has 0 spiro atoms. The third-order valence-electron chi connectivity index (χ3n) is 3.92. The SMILES string of the molecule is CC1(C)CCNC(CCO)CN1c1ccccc1Br. The molecule has 0 aromatic heterocycles. The average molecular weight is 327 g/mol. The van der Waals surface area contributed by atoms with Gasteiger partial charge >= 0.3 is 0 Å². The minimum atomic E-state index is 0.112. The van der Waals surface area contributed by atoms with Crippen LogP contribution in [0.3, 0.4) is 0 Å². The maximum Gasteiger partial charge on any atom is 0.0515 e. The number of hydrogen-bond donors (Lipinski definition) is 2. The molecule has 1 aliphatic heterocycles. The number of rotatable bonds is 3. The molecule has 2 rings (SSSR count). The van der Waals surface area contributed by atoms with Crippen LogP contribution in [0.2, 0.25) is 0 Å². The van der Waals surface area contributed by atoms with Crippen LogP contribution in [0.5, 0.6) is 0 Å². The van der Waals surface area contributed by atoms with Crippen LogP contribution in [0.4, 0.5) is 5.69 Å². The number of anilines is 1. The maximum atomic E-state index is 9.18. The number of aliphatic hydroxyl groups excluding tert-OH is 1. The minimum Gasteiger partial charge on any atom is -0.396 e. The Kier molecular flexibility index (Phi) is 4.87. The zero-order valence-corrected chi connectivity index (χ0v) is 13.3. The summed E-state index contributed by atoms with van der Waals surface area (Å²) < 4.78 is 1.13. The predicted octanol–water partition coefficient (Wildman–Crippen LogP) is 2.78. The Morgan fingerprint density at radius 2 is 2.16 bits per heavy atom. The largest absolute Gasteiger partial charge is 0.396 e. The molecular weight excluding hydrogens is 304 g/mol. The van der Waals surface area contributed by atoms with Gasteiger partial charge in [0.05, 0.1) is 5.69 Å². The lowest BCUT2D eigenvalue weighted by Gasteiger charge is -2.40. The van der Waals surface area contributed by atoms with Gasteiger partial charge in [-0.25, -0.2) is 0 Å². The van der Waals surface area contributed by atoms with Crippen molar-refractivity contribution in [2.75, 3.05) is 24.6 Å². The monoisotopic (exact) mass is 326 g/mol. The summed E-state index contributed by atoms with van der Waals surface area (Å²) in [5, 5.41) is 12.7. The van der Waals surface area contributed by atoms with E-state index in [1.54, 1.807) is 0 Å². The first-order chi connectivity index (χ1) is 9.04. The molecule has 1 aromatic carbocycles. The van der Waals surface area contributed by atoms with E-state index in [4.69, 9.17) is 0 Å². The van der Waals surface area contributed by atoms with E-state index in [0.29, 0.717) is 6.04 Å². The Balaban J connectivity index is 2.29. The van der Waals surface area contributed by atoms with Crippen molar-refractivity contribution in [3.05, 3.63) is 28.7 Å². The summed E-state index contributed by atoms with van der Waals surface area (Å²) in [7, 11) is 0. The molecule has 1 fully saturated rings. The highest BCUT2D eigenvalue weighted by atomic mass is 79.9. The van der Waals surface area contributed by atoms with Crippen molar-refractivity contribution in [3.63, 3.8) is 0 Å². The fourth-order valence-electron chi connectivity index (χ4n) is 2.69. The fourth-order valence-corrected chi connectivity index (χ4v) is 3.19. The van der Waals surface area contributed by atoms with Crippen LogP contribution in [-0.2, 0) is 0 Å². The molecule has 1 aromatic rings. The van der Waals surface area contributed by atoms with Crippen LogP contribution >= 0.6 is 15.9 Å². The molecule has 0 aliphatic carbocycles. The van der Waals surface area contributed by atoms with Gasteiger partial charge in [-0.05, 0) is 61.3 Å². The van der Waals surface area contributed by atoms with Crippen LogP contribution in [0.15, 0.2) is 28.7 Å². The van der Waals surface area contributed by atoms with Crippen LogP contribution < -0.4 is 10.2 Å². The van der Waals surface area contributed by atoms with Gasteiger partial charge in [-0.15, -0.1) is 0 Å². The van der Waals surface area contributed by atoms with Crippen molar-refractivity contribution in [1.82, 2.24) is 5.32 Å². The summed E-state index contributed by atoms with van der Waals surface area (Å²) >= 11 is 3.66. The molecule has 4 heteroatoms. The van der Waals surface area contributed by atoms with Gasteiger partial charge in [-0.2, -0.15) is 0 Å². The molecule has 1 aliphatic rings. The molecule has 1 unspecified atom stereocenters. The molecular formula is C15H23BrN2O. The number of para-hydroxylation sites is 1. The molecule has 3 nitrogen and oxygen atoms in total. The molecule has 1 saturated heterocycles. The Morgan fingerprint density at radius 1 is 1.42 bits per heavy atom. The highest BCUT2D eigenvalue weighted by Crippen LogP contribution is 2.33. The van der Waals surface area contributed by atoms with Gasteiger partial charge in [0.25, 0.3) is 0 Å². The molecule has 19 heavy (non-hydrogen) atoms. The van der Waals surface area contributed by atoms with Gasteiger partial charge < -0.3 is 15.3 Å². The van der Waals surface area contributed by atoms with Crippen molar-refractivity contribution in [2.24, 2.45) is 0 Å². The summed E-state index contributed by atoms with van der Waals surface area (Å²) in [6.45, 7) is 6.74. The van der Waals surface area contributed by atoms with E-state index in [9.17, 15) is 5.11 Å². The standard InChI is InChI=1S/C15H23BrN2O/c1-15(2)8-9-17-12(7-10-19)11-18(15)14-6-4-3-5-13(14)16/h3-6,12,17,19H,7-11H2,1-2H3. The fraction of sp³-hybridized carbons (Fsp3) is 0.600. The Morgan fingerprint density at radius 3 is 2.84 bits per heavy atom. The summed E-state index contributed by atoms with van der Waals surface area (Å²) in [5.41, 5.74) is 1.35. The quantitative estimate of drug-likeness (QED) is 0.896. The summed E-state index contributed by atoms with van der Waals surface area (Å²) in [4.78, 5) is 2.46. The summed E-state index contributed by atoms with van der Waals surface area (Å²) in [6, 6.07) is 8.72. The highest BCUT2D eigenvalue weighted by Gasteiger charge is 2.32. The van der Waals surface area contributed by atoms with Crippen molar-refractivity contribution >= 4 is 21.6 Å². The van der Waals surface area contributed by atoms with E-state index in [-0.39, 0.29) is 12.1 Å². The molecule has 0 amide bonds. The number of nitrogens with zero attached hydrogens (tertiary/aromatic N) is 1. The molecule has 0 radical (unpaired) electrons. The van der Waals surface area contributed by atoms with Crippen LogP contribution in [-0.4, -0.2) is 36.4 Å².